The number of aromatic nitrogens is 2. The molecule has 0 fully saturated rings. The lowest BCUT2D eigenvalue weighted by Gasteiger charge is -2.05. The quantitative estimate of drug-likeness (QED) is 0.705. The molecule has 0 saturated carbocycles. The van der Waals surface area contributed by atoms with Gasteiger partial charge in [0.25, 0.3) is 5.91 Å². The van der Waals surface area contributed by atoms with Crippen LogP contribution in [0.2, 0.25) is 0 Å². The van der Waals surface area contributed by atoms with Crippen LogP contribution in [0.1, 0.15) is 21.1 Å². The molecule has 0 spiro atoms. The van der Waals surface area contributed by atoms with E-state index in [2.05, 4.69) is 15.3 Å². The maximum absolute atomic E-state index is 13.5. The summed E-state index contributed by atoms with van der Waals surface area (Å²) in [4.78, 5) is 20.4. The zero-order chi connectivity index (χ0) is 17.5. The largest absolute Gasteiger partial charge is 0.485 e. The Kier molecular flexibility index (Phi) is 5.69. The zero-order valence-corrected chi connectivity index (χ0v) is 14.1. The minimum Gasteiger partial charge on any atom is -0.485 e. The molecule has 0 aliphatic carbocycles. The number of ether oxygens (including phenoxy) is 1. The van der Waals surface area contributed by atoms with Crippen LogP contribution in [0.15, 0.2) is 54.2 Å². The monoisotopic (exact) mass is 357 g/mol. The molecule has 0 saturated heterocycles. The van der Waals surface area contributed by atoms with Crippen molar-refractivity contribution in [2.24, 2.45) is 0 Å². The molecule has 3 aromatic rings. The minimum atomic E-state index is -0.525. The molecule has 0 bridgehead atoms. The van der Waals surface area contributed by atoms with E-state index in [1.54, 1.807) is 30.6 Å². The molecule has 1 amide bonds. The van der Waals surface area contributed by atoms with Gasteiger partial charge in [-0.1, -0.05) is 12.1 Å². The number of nitrogens with zero attached hydrogens (tertiary/aromatic N) is 2. The number of benzene rings is 1. The summed E-state index contributed by atoms with van der Waals surface area (Å²) in [6.07, 6.45) is 3.90. The van der Waals surface area contributed by atoms with Crippen LogP contribution in [0.4, 0.5) is 4.39 Å². The fourth-order valence-electron chi connectivity index (χ4n) is 2.15. The summed E-state index contributed by atoms with van der Waals surface area (Å²) >= 11 is 1.50. The Morgan fingerprint density at radius 1 is 1.24 bits per heavy atom. The highest BCUT2D eigenvalue weighted by atomic mass is 32.1. The average molecular weight is 357 g/mol. The minimum absolute atomic E-state index is 0.0475. The van der Waals surface area contributed by atoms with Gasteiger partial charge in [0.15, 0.2) is 0 Å². The molecule has 0 aliphatic rings. The lowest BCUT2D eigenvalue weighted by Crippen LogP contribution is -2.26. The fraction of sp³-hybridized carbons (Fsp3) is 0.167. The summed E-state index contributed by atoms with van der Waals surface area (Å²) < 4.78 is 19.1. The summed E-state index contributed by atoms with van der Waals surface area (Å²) in [7, 11) is 0. The van der Waals surface area contributed by atoms with Crippen molar-refractivity contribution >= 4 is 17.2 Å². The highest BCUT2D eigenvalue weighted by Crippen LogP contribution is 2.14. The van der Waals surface area contributed by atoms with Gasteiger partial charge in [0.05, 0.1) is 17.5 Å². The second-order valence-electron chi connectivity index (χ2n) is 5.20. The van der Waals surface area contributed by atoms with Crippen LogP contribution in [0, 0.1) is 5.82 Å². The van der Waals surface area contributed by atoms with Crippen LogP contribution in [0.5, 0.6) is 5.75 Å². The first-order valence-electron chi connectivity index (χ1n) is 7.71. The van der Waals surface area contributed by atoms with Crippen molar-refractivity contribution in [1.29, 1.82) is 0 Å². The average Bonchev–Trinajstić information content (AvgIpc) is 3.09. The molecule has 25 heavy (non-hydrogen) atoms. The van der Waals surface area contributed by atoms with Crippen LogP contribution >= 0.6 is 11.3 Å². The third-order valence-corrected chi connectivity index (χ3v) is 4.25. The van der Waals surface area contributed by atoms with Crippen LogP contribution in [-0.2, 0) is 13.0 Å². The molecule has 5 nitrogen and oxygen atoms in total. The van der Waals surface area contributed by atoms with E-state index in [0.717, 1.165) is 10.7 Å². The molecule has 128 valence electrons. The van der Waals surface area contributed by atoms with Gasteiger partial charge in [-0.2, -0.15) is 0 Å². The summed E-state index contributed by atoms with van der Waals surface area (Å²) in [6.45, 7) is 0.762. The number of thiazole rings is 1. The Hall–Kier alpha value is -2.80. The molecule has 3 rings (SSSR count). The van der Waals surface area contributed by atoms with Gasteiger partial charge in [0.2, 0.25) is 0 Å². The van der Waals surface area contributed by atoms with Crippen molar-refractivity contribution in [2.75, 3.05) is 6.54 Å². The molecule has 1 aromatic carbocycles. The first kappa shape index (κ1) is 17.0. The van der Waals surface area contributed by atoms with Crippen LogP contribution < -0.4 is 10.1 Å². The molecule has 7 heteroatoms. The molecular formula is C18H16FN3O2S. The highest BCUT2D eigenvalue weighted by Gasteiger charge is 2.10. The third kappa shape index (κ3) is 4.84. The van der Waals surface area contributed by atoms with Crippen molar-refractivity contribution in [1.82, 2.24) is 15.3 Å². The van der Waals surface area contributed by atoms with Crippen molar-refractivity contribution in [2.45, 2.75) is 13.0 Å². The van der Waals surface area contributed by atoms with Crippen molar-refractivity contribution in [3.63, 3.8) is 0 Å². The summed E-state index contributed by atoms with van der Waals surface area (Å²) in [6, 6.07) is 9.55. The SMILES string of the molecule is O=C(NCCc1csc(COc2cccnc2)n1)c1ccccc1F. The van der Waals surface area contributed by atoms with Crippen molar-refractivity contribution in [3.8, 4) is 5.75 Å². The van der Waals surface area contributed by atoms with E-state index in [-0.39, 0.29) is 5.56 Å². The van der Waals surface area contributed by atoms with E-state index in [1.165, 1.54) is 23.5 Å². The normalized spacial score (nSPS) is 10.4. The fourth-order valence-corrected chi connectivity index (χ4v) is 2.89. The van der Waals surface area contributed by atoms with Crippen LogP contribution in [-0.4, -0.2) is 22.4 Å². The van der Waals surface area contributed by atoms with Gasteiger partial charge in [0, 0.05) is 24.5 Å². The van der Waals surface area contributed by atoms with Crippen LogP contribution in [0.25, 0.3) is 0 Å². The van der Waals surface area contributed by atoms with Gasteiger partial charge in [0.1, 0.15) is 23.2 Å². The number of carbonyl (C=O) groups excluding carboxylic acids is 1. The number of hydrogen-bond acceptors (Lipinski definition) is 5. The van der Waals surface area contributed by atoms with E-state index in [0.29, 0.717) is 25.3 Å². The summed E-state index contributed by atoms with van der Waals surface area (Å²) in [5.74, 6) is -0.256. The summed E-state index contributed by atoms with van der Waals surface area (Å²) in [5.41, 5.74) is 0.912. The number of rotatable bonds is 7. The van der Waals surface area contributed by atoms with E-state index in [1.807, 2.05) is 11.4 Å². The molecule has 1 N–H and O–H groups in total. The molecule has 0 radical (unpaired) electrons. The zero-order valence-electron chi connectivity index (χ0n) is 13.3. The van der Waals surface area contributed by atoms with Crippen molar-refractivity contribution < 1.29 is 13.9 Å². The Labute approximate surface area is 148 Å². The maximum atomic E-state index is 13.5. The standard InChI is InChI=1S/C18H16FN3O2S/c19-16-6-2-1-5-15(16)18(23)21-9-7-13-12-25-17(22-13)11-24-14-4-3-8-20-10-14/h1-6,8,10,12H,7,9,11H2,(H,21,23). The number of hydrogen-bond donors (Lipinski definition) is 1. The van der Waals surface area contributed by atoms with E-state index < -0.39 is 11.7 Å². The predicted octanol–water partition coefficient (Wildman–Crippen LogP) is 3.23. The molecule has 0 unspecified atom stereocenters. The topological polar surface area (TPSA) is 64.1 Å². The molecular weight excluding hydrogens is 341 g/mol. The molecule has 0 aliphatic heterocycles. The van der Waals surface area contributed by atoms with Crippen molar-refractivity contribution in [3.05, 3.63) is 76.3 Å². The maximum Gasteiger partial charge on any atom is 0.254 e. The number of carbonyl (C=O) groups is 1. The Balaban J connectivity index is 1.46. The predicted molar refractivity (Wildman–Crippen MR) is 93.1 cm³/mol. The van der Waals surface area contributed by atoms with Gasteiger partial charge in [-0.3, -0.25) is 9.78 Å². The second-order valence-corrected chi connectivity index (χ2v) is 6.14. The number of pyridine rings is 1. The Morgan fingerprint density at radius 2 is 2.12 bits per heavy atom. The van der Waals surface area contributed by atoms with E-state index in [4.69, 9.17) is 4.74 Å². The number of amides is 1. The number of halogens is 1. The van der Waals surface area contributed by atoms with Gasteiger partial charge in [-0.25, -0.2) is 9.37 Å². The van der Waals surface area contributed by atoms with Crippen LogP contribution in [0.3, 0.4) is 0 Å². The first-order valence-corrected chi connectivity index (χ1v) is 8.59. The highest BCUT2D eigenvalue weighted by molar-refractivity contribution is 7.09. The first-order chi connectivity index (χ1) is 12.2. The molecule has 2 aromatic heterocycles. The van der Waals surface area contributed by atoms with Gasteiger partial charge in [-0.15, -0.1) is 11.3 Å². The smallest absolute Gasteiger partial charge is 0.254 e. The van der Waals surface area contributed by atoms with Gasteiger partial charge in [-0.05, 0) is 24.3 Å². The van der Waals surface area contributed by atoms with Gasteiger partial charge >= 0.3 is 0 Å². The lowest BCUT2D eigenvalue weighted by molar-refractivity contribution is 0.0950. The van der Waals surface area contributed by atoms with E-state index >= 15 is 0 Å². The Morgan fingerprint density at radius 3 is 2.92 bits per heavy atom. The Bertz CT molecular complexity index is 839. The third-order valence-electron chi connectivity index (χ3n) is 3.38. The molecule has 2 heterocycles. The summed E-state index contributed by atoms with van der Waals surface area (Å²) in [5, 5.41) is 5.48. The van der Waals surface area contributed by atoms with E-state index in [9.17, 15) is 9.18 Å². The lowest BCUT2D eigenvalue weighted by atomic mass is 10.2. The van der Waals surface area contributed by atoms with Gasteiger partial charge < -0.3 is 10.1 Å². The second kappa shape index (κ2) is 8.34. The molecule has 0 atom stereocenters. The number of nitrogens with one attached hydrogen (secondary N) is 1.